The average Bonchev–Trinajstić information content (AvgIpc) is 2.47. The lowest BCUT2D eigenvalue weighted by molar-refractivity contribution is 0.101. The van der Waals surface area contributed by atoms with Crippen LogP contribution in [0.2, 0.25) is 0 Å². The summed E-state index contributed by atoms with van der Waals surface area (Å²) in [6.45, 7) is 1.49. The normalized spacial score (nSPS) is 10.8. The monoisotopic (exact) mass is 279 g/mol. The summed E-state index contributed by atoms with van der Waals surface area (Å²) in [6, 6.07) is 16.0. The largest absolute Gasteiger partial charge is 0.295 e. The number of pyridine rings is 1. The third kappa shape index (κ3) is 2.82. The van der Waals surface area contributed by atoms with Crippen molar-refractivity contribution in [2.24, 2.45) is 0 Å². The van der Waals surface area contributed by atoms with E-state index in [9.17, 15) is 9.18 Å². The van der Waals surface area contributed by atoms with Crippen LogP contribution in [0.5, 0.6) is 0 Å². The molecule has 3 rings (SSSR count). The van der Waals surface area contributed by atoms with Crippen LogP contribution in [0.3, 0.4) is 0 Å². The first kappa shape index (κ1) is 13.4. The first-order chi connectivity index (χ1) is 10.1. The van der Waals surface area contributed by atoms with Gasteiger partial charge in [0.1, 0.15) is 5.82 Å². The summed E-state index contributed by atoms with van der Waals surface area (Å²) in [4.78, 5) is 16.2. The van der Waals surface area contributed by atoms with Crippen molar-refractivity contribution in [2.75, 3.05) is 0 Å². The van der Waals surface area contributed by atoms with Crippen LogP contribution in [-0.2, 0) is 6.42 Å². The van der Waals surface area contributed by atoms with Gasteiger partial charge in [-0.3, -0.25) is 9.78 Å². The van der Waals surface area contributed by atoms with Gasteiger partial charge in [0.05, 0.1) is 5.52 Å². The van der Waals surface area contributed by atoms with E-state index in [1.807, 2.05) is 36.4 Å². The van der Waals surface area contributed by atoms with Crippen molar-refractivity contribution < 1.29 is 9.18 Å². The number of ketones is 1. The third-order valence-electron chi connectivity index (χ3n) is 3.47. The van der Waals surface area contributed by atoms with E-state index in [1.54, 1.807) is 0 Å². The predicted molar refractivity (Wildman–Crippen MR) is 81.0 cm³/mol. The Labute approximate surface area is 122 Å². The number of hydrogen-bond acceptors (Lipinski definition) is 2. The summed E-state index contributed by atoms with van der Waals surface area (Å²) in [5.41, 5.74) is 2.94. The van der Waals surface area contributed by atoms with Crippen molar-refractivity contribution in [1.82, 2.24) is 4.98 Å². The van der Waals surface area contributed by atoms with Crippen LogP contribution in [0.15, 0.2) is 54.6 Å². The summed E-state index contributed by atoms with van der Waals surface area (Å²) in [5, 5.41) is 1.06. The number of rotatable bonds is 3. The van der Waals surface area contributed by atoms with E-state index in [0.29, 0.717) is 17.5 Å². The molecule has 104 valence electrons. The summed E-state index contributed by atoms with van der Waals surface area (Å²) in [7, 11) is 0. The van der Waals surface area contributed by atoms with E-state index < -0.39 is 0 Å². The Morgan fingerprint density at radius 1 is 1.10 bits per heavy atom. The Bertz CT molecular complexity index is 826. The molecule has 1 heterocycles. The molecular weight excluding hydrogens is 265 g/mol. The maximum atomic E-state index is 13.4. The fraction of sp³-hybridized carbons (Fsp3) is 0.111. The minimum absolute atomic E-state index is 0.0641. The molecule has 0 saturated heterocycles. The molecule has 0 spiro atoms. The predicted octanol–water partition coefficient (Wildman–Crippen LogP) is 4.17. The zero-order valence-corrected chi connectivity index (χ0v) is 11.6. The van der Waals surface area contributed by atoms with Crippen molar-refractivity contribution in [2.45, 2.75) is 13.3 Å². The van der Waals surface area contributed by atoms with Crippen molar-refractivity contribution >= 4 is 16.7 Å². The van der Waals surface area contributed by atoms with E-state index in [4.69, 9.17) is 0 Å². The second-order valence-corrected chi connectivity index (χ2v) is 5.03. The highest BCUT2D eigenvalue weighted by molar-refractivity contribution is 5.95. The number of carbonyl (C=O) groups is 1. The van der Waals surface area contributed by atoms with Crippen molar-refractivity contribution in [1.29, 1.82) is 0 Å². The lowest BCUT2D eigenvalue weighted by Crippen LogP contribution is -2.02. The molecule has 0 atom stereocenters. The van der Waals surface area contributed by atoms with Crippen LogP contribution in [0.1, 0.15) is 28.5 Å². The Balaban J connectivity index is 2.02. The van der Waals surface area contributed by atoms with Crippen molar-refractivity contribution in [3.05, 3.63) is 77.2 Å². The minimum atomic E-state index is -0.337. The molecule has 0 aliphatic rings. The fourth-order valence-electron chi connectivity index (χ4n) is 2.45. The number of fused-ring (bicyclic) bond motifs is 1. The van der Waals surface area contributed by atoms with E-state index in [2.05, 4.69) is 4.98 Å². The molecule has 0 amide bonds. The first-order valence-corrected chi connectivity index (χ1v) is 6.77. The van der Waals surface area contributed by atoms with Crippen molar-refractivity contribution in [3.63, 3.8) is 0 Å². The number of carbonyl (C=O) groups excluding carboxylic acids is 1. The van der Waals surface area contributed by atoms with Gasteiger partial charge in [-0.1, -0.05) is 24.3 Å². The molecule has 3 aromatic rings. The van der Waals surface area contributed by atoms with Crippen LogP contribution in [0.4, 0.5) is 4.39 Å². The van der Waals surface area contributed by atoms with Gasteiger partial charge >= 0.3 is 0 Å². The molecule has 2 aromatic carbocycles. The molecule has 0 saturated carbocycles. The molecular formula is C18H14FNO. The number of para-hydroxylation sites is 1. The van der Waals surface area contributed by atoms with Gasteiger partial charge in [-0.2, -0.15) is 0 Å². The number of benzene rings is 2. The zero-order chi connectivity index (χ0) is 14.8. The van der Waals surface area contributed by atoms with Crippen LogP contribution in [0.25, 0.3) is 10.9 Å². The number of nitrogens with zero attached hydrogens (tertiary/aromatic N) is 1. The van der Waals surface area contributed by atoms with Gasteiger partial charge in [-0.05, 0) is 42.8 Å². The molecule has 0 N–H and O–H groups in total. The van der Waals surface area contributed by atoms with Gasteiger partial charge in [-0.15, -0.1) is 0 Å². The SMILES string of the molecule is CC(=O)c1ccc(F)cc1Cc1ccc2ccccc2n1. The average molecular weight is 279 g/mol. The van der Waals surface area contributed by atoms with E-state index in [0.717, 1.165) is 16.6 Å². The van der Waals surface area contributed by atoms with Crippen LogP contribution in [0, 0.1) is 5.82 Å². The molecule has 0 radical (unpaired) electrons. The molecule has 0 aliphatic heterocycles. The second-order valence-electron chi connectivity index (χ2n) is 5.03. The molecule has 3 heteroatoms. The quantitative estimate of drug-likeness (QED) is 0.674. The lowest BCUT2D eigenvalue weighted by Gasteiger charge is -2.08. The van der Waals surface area contributed by atoms with Gasteiger partial charge in [0.15, 0.2) is 5.78 Å². The van der Waals surface area contributed by atoms with Crippen LogP contribution in [-0.4, -0.2) is 10.8 Å². The third-order valence-corrected chi connectivity index (χ3v) is 3.47. The Hall–Kier alpha value is -2.55. The minimum Gasteiger partial charge on any atom is -0.295 e. The number of halogens is 1. The standard InChI is InChI=1S/C18H14FNO/c1-12(21)17-9-7-15(19)10-14(17)11-16-8-6-13-4-2-3-5-18(13)20-16/h2-10H,11H2,1H3. The van der Waals surface area contributed by atoms with E-state index in [1.165, 1.54) is 25.1 Å². The van der Waals surface area contributed by atoms with Crippen LogP contribution < -0.4 is 0 Å². The maximum absolute atomic E-state index is 13.4. The smallest absolute Gasteiger partial charge is 0.160 e. The number of hydrogen-bond donors (Lipinski definition) is 0. The molecule has 0 bridgehead atoms. The van der Waals surface area contributed by atoms with Gasteiger partial charge in [0, 0.05) is 23.1 Å². The molecule has 1 aromatic heterocycles. The molecule has 0 fully saturated rings. The molecule has 0 unspecified atom stereocenters. The fourth-order valence-corrected chi connectivity index (χ4v) is 2.45. The number of aromatic nitrogens is 1. The highest BCUT2D eigenvalue weighted by atomic mass is 19.1. The lowest BCUT2D eigenvalue weighted by atomic mass is 9.99. The maximum Gasteiger partial charge on any atom is 0.160 e. The van der Waals surface area contributed by atoms with Crippen LogP contribution >= 0.6 is 0 Å². The number of Topliss-reactive ketones (excluding diaryl/α,β-unsaturated/α-hetero) is 1. The highest BCUT2D eigenvalue weighted by Crippen LogP contribution is 2.18. The van der Waals surface area contributed by atoms with Gasteiger partial charge in [0.2, 0.25) is 0 Å². The Morgan fingerprint density at radius 2 is 1.90 bits per heavy atom. The Kier molecular flexibility index (Phi) is 3.48. The van der Waals surface area contributed by atoms with E-state index in [-0.39, 0.29) is 11.6 Å². The van der Waals surface area contributed by atoms with Crippen molar-refractivity contribution in [3.8, 4) is 0 Å². The topological polar surface area (TPSA) is 30.0 Å². The summed E-state index contributed by atoms with van der Waals surface area (Å²) < 4.78 is 13.4. The Morgan fingerprint density at radius 3 is 2.71 bits per heavy atom. The molecule has 21 heavy (non-hydrogen) atoms. The van der Waals surface area contributed by atoms with E-state index >= 15 is 0 Å². The van der Waals surface area contributed by atoms with Gasteiger partial charge in [-0.25, -0.2) is 4.39 Å². The first-order valence-electron chi connectivity index (χ1n) is 6.77. The zero-order valence-electron chi connectivity index (χ0n) is 11.6. The highest BCUT2D eigenvalue weighted by Gasteiger charge is 2.10. The summed E-state index contributed by atoms with van der Waals surface area (Å²) >= 11 is 0. The second kappa shape index (κ2) is 5.44. The van der Waals surface area contributed by atoms with Gasteiger partial charge in [0.25, 0.3) is 0 Å². The summed E-state index contributed by atoms with van der Waals surface area (Å²) in [6.07, 6.45) is 0.442. The molecule has 0 aliphatic carbocycles. The molecule has 2 nitrogen and oxygen atoms in total. The summed E-state index contributed by atoms with van der Waals surface area (Å²) in [5.74, 6) is -0.401. The van der Waals surface area contributed by atoms with Gasteiger partial charge < -0.3 is 0 Å².